The van der Waals surface area contributed by atoms with Gasteiger partial charge in [0.25, 0.3) is 5.91 Å². The van der Waals surface area contributed by atoms with Gasteiger partial charge >= 0.3 is 0 Å². The maximum atomic E-state index is 12.1. The number of hydrogen-bond donors (Lipinski definition) is 1. The highest BCUT2D eigenvalue weighted by Gasteiger charge is 2.13. The summed E-state index contributed by atoms with van der Waals surface area (Å²) in [6.45, 7) is 4.12. The van der Waals surface area contributed by atoms with Crippen LogP contribution in [0.15, 0.2) is 24.3 Å². The second-order valence-corrected chi connectivity index (χ2v) is 4.44. The largest absolute Gasteiger partial charge is 0.349 e. The van der Waals surface area contributed by atoms with Crippen LogP contribution in [0.5, 0.6) is 0 Å². The Labute approximate surface area is 108 Å². The Hall–Kier alpha value is -1.02. The summed E-state index contributed by atoms with van der Waals surface area (Å²) < 4.78 is 0. The van der Waals surface area contributed by atoms with Gasteiger partial charge in [-0.25, -0.2) is 0 Å². The van der Waals surface area contributed by atoms with Crippen LogP contribution in [0.4, 0.5) is 0 Å². The molecule has 0 aliphatic carbocycles. The summed E-state index contributed by atoms with van der Waals surface area (Å²) in [6, 6.07) is 7.91. The summed E-state index contributed by atoms with van der Waals surface area (Å²) in [4.78, 5) is 12.1. The average Bonchev–Trinajstić information content (AvgIpc) is 2.38. The number of carbonyl (C=O) groups is 1. The zero-order valence-corrected chi connectivity index (χ0v) is 11.3. The van der Waals surface area contributed by atoms with Gasteiger partial charge in [-0.3, -0.25) is 4.79 Å². The Balaban J connectivity index is 2.75. The van der Waals surface area contributed by atoms with Crippen molar-refractivity contribution >= 4 is 17.5 Å². The molecule has 0 spiro atoms. The van der Waals surface area contributed by atoms with E-state index in [1.807, 2.05) is 24.3 Å². The minimum Gasteiger partial charge on any atom is -0.349 e. The summed E-state index contributed by atoms with van der Waals surface area (Å²) in [5, 5.41) is 3.04. The molecule has 1 aromatic carbocycles. The molecular weight excluding hydrogens is 234 g/mol. The van der Waals surface area contributed by atoms with Crippen LogP contribution in [0.2, 0.25) is 0 Å². The van der Waals surface area contributed by atoms with E-state index < -0.39 is 0 Å². The van der Waals surface area contributed by atoms with Crippen LogP contribution in [-0.4, -0.2) is 17.8 Å². The summed E-state index contributed by atoms with van der Waals surface area (Å²) in [6.07, 6.45) is 2.60. The Kier molecular flexibility index (Phi) is 6.06. The number of benzene rings is 1. The molecule has 0 fully saturated rings. The van der Waals surface area contributed by atoms with Crippen molar-refractivity contribution in [2.75, 3.05) is 5.88 Å². The van der Waals surface area contributed by atoms with Crippen LogP contribution in [0, 0.1) is 0 Å². The van der Waals surface area contributed by atoms with E-state index in [9.17, 15) is 4.79 Å². The van der Waals surface area contributed by atoms with E-state index in [-0.39, 0.29) is 11.9 Å². The molecule has 1 rings (SSSR count). The van der Waals surface area contributed by atoms with Gasteiger partial charge in [0.2, 0.25) is 0 Å². The highest BCUT2D eigenvalue weighted by atomic mass is 35.5. The summed E-state index contributed by atoms with van der Waals surface area (Å²) in [7, 11) is 0. The van der Waals surface area contributed by atoms with Crippen LogP contribution >= 0.6 is 11.6 Å². The van der Waals surface area contributed by atoms with Crippen molar-refractivity contribution < 1.29 is 4.79 Å². The normalized spacial score (nSPS) is 12.2. The molecule has 0 saturated heterocycles. The van der Waals surface area contributed by atoms with Gasteiger partial charge in [-0.15, -0.1) is 11.6 Å². The molecule has 94 valence electrons. The maximum absolute atomic E-state index is 12.1. The molecule has 1 atom stereocenters. The highest BCUT2D eigenvalue weighted by molar-refractivity contribution is 6.17. The fraction of sp³-hybridized carbons (Fsp3) is 0.500. The first-order valence-corrected chi connectivity index (χ1v) is 6.71. The minimum absolute atomic E-state index is 0.0133. The van der Waals surface area contributed by atoms with Crippen molar-refractivity contribution in [2.24, 2.45) is 0 Å². The monoisotopic (exact) mass is 253 g/mol. The Morgan fingerprint density at radius 2 is 2.06 bits per heavy atom. The van der Waals surface area contributed by atoms with E-state index in [4.69, 9.17) is 11.6 Å². The van der Waals surface area contributed by atoms with Crippen molar-refractivity contribution in [2.45, 2.75) is 39.2 Å². The number of alkyl halides is 1. The third-order valence-electron chi connectivity index (χ3n) is 2.93. The van der Waals surface area contributed by atoms with Gasteiger partial charge in [0, 0.05) is 17.5 Å². The Morgan fingerprint density at radius 1 is 1.35 bits per heavy atom. The fourth-order valence-electron chi connectivity index (χ4n) is 1.82. The van der Waals surface area contributed by atoms with Crippen molar-refractivity contribution in [3.8, 4) is 0 Å². The molecule has 0 radical (unpaired) electrons. The average molecular weight is 254 g/mol. The van der Waals surface area contributed by atoms with Gasteiger partial charge in [-0.1, -0.05) is 32.0 Å². The molecular formula is C14H20ClNO. The molecule has 2 nitrogen and oxygen atoms in total. The lowest BCUT2D eigenvalue weighted by Crippen LogP contribution is -2.35. The lowest BCUT2D eigenvalue weighted by molar-refractivity contribution is 0.0934. The molecule has 0 aliphatic heterocycles. The molecule has 0 aromatic heterocycles. The zero-order chi connectivity index (χ0) is 12.7. The van der Waals surface area contributed by atoms with Crippen molar-refractivity contribution in [3.05, 3.63) is 35.4 Å². The van der Waals surface area contributed by atoms with Gasteiger partial charge in [-0.05, 0) is 30.9 Å². The SMILES string of the molecule is CCc1ccccc1C(=O)NC(CC)CCCl. The molecule has 0 saturated carbocycles. The number of carbonyl (C=O) groups excluding carboxylic acids is 1. The Bertz CT molecular complexity index is 365. The molecule has 1 N–H and O–H groups in total. The summed E-state index contributed by atoms with van der Waals surface area (Å²) in [5.41, 5.74) is 1.87. The quantitative estimate of drug-likeness (QED) is 0.774. The van der Waals surface area contributed by atoms with Gasteiger partial charge in [-0.2, -0.15) is 0 Å². The smallest absolute Gasteiger partial charge is 0.251 e. The first-order valence-electron chi connectivity index (χ1n) is 6.17. The van der Waals surface area contributed by atoms with E-state index in [1.54, 1.807) is 0 Å². The highest BCUT2D eigenvalue weighted by Crippen LogP contribution is 2.10. The van der Waals surface area contributed by atoms with Gasteiger partial charge in [0.1, 0.15) is 0 Å². The Morgan fingerprint density at radius 3 is 2.65 bits per heavy atom. The molecule has 0 bridgehead atoms. The number of aryl methyl sites for hydroxylation is 1. The topological polar surface area (TPSA) is 29.1 Å². The fourth-order valence-corrected chi connectivity index (χ4v) is 2.09. The van der Waals surface area contributed by atoms with Crippen LogP contribution < -0.4 is 5.32 Å². The number of halogens is 1. The molecule has 3 heteroatoms. The molecule has 17 heavy (non-hydrogen) atoms. The minimum atomic E-state index is 0.0133. The van der Waals surface area contributed by atoms with Gasteiger partial charge < -0.3 is 5.32 Å². The summed E-state index contributed by atoms with van der Waals surface area (Å²) in [5.74, 6) is 0.591. The van der Waals surface area contributed by atoms with Crippen molar-refractivity contribution in [1.29, 1.82) is 0 Å². The second-order valence-electron chi connectivity index (χ2n) is 4.07. The molecule has 1 amide bonds. The lowest BCUT2D eigenvalue weighted by atomic mass is 10.0. The van der Waals surface area contributed by atoms with E-state index >= 15 is 0 Å². The van der Waals surface area contributed by atoms with Crippen molar-refractivity contribution in [1.82, 2.24) is 5.32 Å². The maximum Gasteiger partial charge on any atom is 0.251 e. The van der Waals surface area contributed by atoms with E-state index in [0.717, 1.165) is 30.4 Å². The van der Waals surface area contributed by atoms with E-state index in [0.29, 0.717) is 5.88 Å². The van der Waals surface area contributed by atoms with Crippen LogP contribution in [0.3, 0.4) is 0 Å². The number of rotatable bonds is 6. The van der Waals surface area contributed by atoms with Crippen LogP contribution in [-0.2, 0) is 6.42 Å². The first-order chi connectivity index (χ1) is 8.22. The predicted molar refractivity (Wildman–Crippen MR) is 72.7 cm³/mol. The third-order valence-corrected chi connectivity index (χ3v) is 3.15. The van der Waals surface area contributed by atoms with Crippen LogP contribution in [0.1, 0.15) is 42.6 Å². The zero-order valence-electron chi connectivity index (χ0n) is 10.5. The van der Waals surface area contributed by atoms with Gasteiger partial charge in [0.05, 0.1) is 0 Å². The third kappa shape index (κ3) is 4.04. The number of nitrogens with one attached hydrogen (secondary N) is 1. The predicted octanol–water partition coefficient (Wildman–Crippen LogP) is 3.39. The van der Waals surface area contributed by atoms with E-state index in [2.05, 4.69) is 19.2 Å². The number of amides is 1. The lowest BCUT2D eigenvalue weighted by Gasteiger charge is -2.16. The molecule has 1 aromatic rings. The second kappa shape index (κ2) is 7.33. The standard InChI is InChI=1S/C14H20ClNO/c1-3-11-7-5-6-8-13(11)14(17)16-12(4-2)9-10-15/h5-8,12H,3-4,9-10H2,1-2H3,(H,16,17). The molecule has 0 heterocycles. The van der Waals surface area contributed by atoms with Crippen molar-refractivity contribution in [3.63, 3.8) is 0 Å². The first kappa shape index (κ1) is 14.0. The molecule has 1 unspecified atom stereocenters. The van der Waals surface area contributed by atoms with Gasteiger partial charge in [0.15, 0.2) is 0 Å². The number of hydrogen-bond acceptors (Lipinski definition) is 1. The van der Waals surface area contributed by atoms with E-state index in [1.165, 1.54) is 0 Å². The summed E-state index contributed by atoms with van der Waals surface area (Å²) >= 11 is 5.71. The van der Waals surface area contributed by atoms with Crippen LogP contribution in [0.25, 0.3) is 0 Å². The molecule has 0 aliphatic rings.